The summed E-state index contributed by atoms with van der Waals surface area (Å²) in [4.78, 5) is 4.32. The molecule has 0 amide bonds. The second kappa shape index (κ2) is 10.7. The Morgan fingerprint density at radius 3 is 2.38 bits per heavy atom. The highest BCUT2D eigenvalue weighted by Gasteiger charge is 2.35. The number of guanidine groups is 1. The first-order valence-corrected chi connectivity index (χ1v) is 10.7. The first kappa shape index (κ1) is 23.9. The van der Waals surface area contributed by atoms with Gasteiger partial charge in [0.25, 0.3) is 0 Å². The lowest BCUT2D eigenvalue weighted by atomic mass is 9.72. The Balaban J connectivity index is 1.57. The Labute approximate surface area is 187 Å². The second-order valence-corrected chi connectivity index (χ2v) is 8.03. The maximum absolute atomic E-state index is 12.3. The van der Waals surface area contributed by atoms with Crippen LogP contribution in [0.5, 0.6) is 5.75 Å². The van der Waals surface area contributed by atoms with Gasteiger partial charge in [-0.15, -0.1) is 0 Å². The highest BCUT2D eigenvalue weighted by atomic mass is 19.4. The van der Waals surface area contributed by atoms with Gasteiger partial charge in [0.05, 0.1) is 0 Å². The highest BCUT2D eigenvalue weighted by Crippen LogP contribution is 2.36. The number of benzene rings is 2. The number of ether oxygens (including phenoxy) is 2. The minimum absolute atomic E-state index is 0.0291. The number of hydrogen-bond acceptors (Lipinski definition) is 3. The molecule has 1 aliphatic rings. The van der Waals surface area contributed by atoms with E-state index in [9.17, 15) is 13.2 Å². The number of aryl methyl sites for hydroxylation is 1. The maximum atomic E-state index is 12.3. The van der Waals surface area contributed by atoms with Crippen LogP contribution in [-0.4, -0.2) is 45.5 Å². The van der Waals surface area contributed by atoms with Crippen LogP contribution in [0.4, 0.5) is 13.2 Å². The minimum atomic E-state index is -4.35. The third-order valence-corrected chi connectivity index (χ3v) is 5.77. The molecule has 2 aromatic rings. The predicted octanol–water partition coefficient (Wildman–Crippen LogP) is 4.35. The lowest BCUT2D eigenvalue weighted by Crippen LogP contribution is -2.48. The van der Waals surface area contributed by atoms with Crippen LogP contribution in [0.3, 0.4) is 0 Å². The van der Waals surface area contributed by atoms with Crippen molar-refractivity contribution in [2.75, 3.05) is 33.4 Å². The monoisotopic (exact) mass is 449 g/mol. The molecule has 2 aromatic carbocycles. The summed E-state index contributed by atoms with van der Waals surface area (Å²) in [6.45, 7) is 3.51. The molecule has 1 fully saturated rings. The Morgan fingerprint density at radius 2 is 1.75 bits per heavy atom. The van der Waals surface area contributed by atoms with E-state index < -0.39 is 12.8 Å². The van der Waals surface area contributed by atoms with Gasteiger partial charge in [-0.3, -0.25) is 4.99 Å². The number of halogens is 3. The largest absolute Gasteiger partial charge is 0.484 e. The van der Waals surface area contributed by atoms with Crippen LogP contribution in [0.15, 0.2) is 53.5 Å². The number of alkyl halides is 3. The van der Waals surface area contributed by atoms with Crippen LogP contribution >= 0.6 is 0 Å². The summed E-state index contributed by atoms with van der Waals surface area (Å²) in [5.74, 6) is 0.857. The van der Waals surface area contributed by atoms with Gasteiger partial charge >= 0.3 is 6.18 Å². The zero-order chi connectivity index (χ0) is 23.0. The zero-order valence-corrected chi connectivity index (χ0v) is 18.5. The Morgan fingerprint density at radius 1 is 1.06 bits per heavy atom. The van der Waals surface area contributed by atoms with E-state index in [4.69, 9.17) is 9.47 Å². The first-order valence-electron chi connectivity index (χ1n) is 10.7. The molecule has 1 aliphatic heterocycles. The van der Waals surface area contributed by atoms with Crippen LogP contribution in [0.2, 0.25) is 0 Å². The van der Waals surface area contributed by atoms with E-state index in [1.54, 1.807) is 19.2 Å². The van der Waals surface area contributed by atoms with Crippen LogP contribution < -0.4 is 15.4 Å². The normalized spacial score (nSPS) is 16.5. The van der Waals surface area contributed by atoms with Crippen LogP contribution in [0, 0.1) is 6.92 Å². The van der Waals surface area contributed by atoms with E-state index in [-0.39, 0.29) is 11.2 Å². The second-order valence-electron chi connectivity index (χ2n) is 8.03. The van der Waals surface area contributed by atoms with Crippen molar-refractivity contribution in [3.05, 3.63) is 65.2 Å². The molecule has 0 aromatic heterocycles. The Bertz CT molecular complexity index is 892. The zero-order valence-electron chi connectivity index (χ0n) is 18.5. The third kappa shape index (κ3) is 6.63. The van der Waals surface area contributed by atoms with Gasteiger partial charge in [-0.2, -0.15) is 13.2 Å². The molecule has 0 bridgehead atoms. The van der Waals surface area contributed by atoms with Gasteiger partial charge in [-0.25, -0.2) is 0 Å². The summed E-state index contributed by atoms with van der Waals surface area (Å²) >= 11 is 0. The first-order chi connectivity index (χ1) is 15.3. The number of nitrogens with zero attached hydrogens (tertiary/aromatic N) is 1. The van der Waals surface area contributed by atoms with Crippen molar-refractivity contribution in [1.82, 2.24) is 10.6 Å². The van der Waals surface area contributed by atoms with Crippen LogP contribution in [-0.2, 0) is 16.7 Å². The molecular weight excluding hydrogens is 419 g/mol. The number of nitrogens with one attached hydrogen (secondary N) is 2. The lowest BCUT2D eigenvalue weighted by molar-refractivity contribution is -0.153. The van der Waals surface area contributed by atoms with Crippen molar-refractivity contribution in [3.8, 4) is 5.75 Å². The fraction of sp³-hybridized carbons (Fsp3) is 0.458. The molecule has 0 aliphatic carbocycles. The average Bonchev–Trinajstić information content (AvgIpc) is 2.79. The molecular formula is C24H30F3N3O2. The van der Waals surface area contributed by atoms with E-state index in [0.29, 0.717) is 12.5 Å². The van der Waals surface area contributed by atoms with Gasteiger partial charge in [-0.05, 0) is 48.6 Å². The minimum Gasteiger partial charge on any atom is -0.484 e. The third-order valence-electron chi connectivity index (χ3n) is 5.77. The molecule has 0 unspecified atom stereocenters. The Hall–Kier alpha value is -2.74. The van der Waals surface area contributed by atoms with E-state index >= 15 is 0 Å². The predicted molar refractivity (Wildman–Crippen MR) is 119 cm³/mol. The van der Waals surface area contributed by atoms with Gasteiger partial charge in [0.15, 0.2) is 12.6 Å². The topological polar surface area (TPSA) is 54.9 Å². The summed E-state index contributed by atoms with van der Waals surface area (Å²) < 4.78 is 47.2. The van der Waals surface area contributed by atoms with Crippen molar-refractivity contribution in [2.24, 2.45) is 4.99 Å². The maximum Gasteiger partial charge on any atom is 0.422 e. The SMILES string of the molecule is CN=C(NCc1ccc(OCC(F)(F)F)cc1)NCC1(c2ccccc2C)CCOCC1. The van der Waals surface area contributed by atoms with Gasteiger partial charge in [0.1, 0.15) is 5.75 Å². The van der Waals surface area contributed by atoms with Gasteiger partial charge < -0.3 is 20.1 Å². The summed E-state index contributed by atoms with van der Waals surface area (Å²) in [6, 6.07) is 15.0. The Kier molecular flexibility index (Phi) is 8.01. The molecule has 32 heavy (non-hydrogen) atoms. The van der Waals surface area contributed by atoms with E-state index in [1.165, 1.54) is 23.3 Å². The van der Waals surface area contributed by atoms with Crippen molar-refractivity contribution in [1.29, 1.82) is 0 Å². The summed E-state index contributed by atoms with van der Waals surface area (Å²) in [5.41, 5.74) is 3.48. The van der Waals surface area contributed by atoms with Crippen molar-refractivity contribution in [3.63, 3.8) is 0 Å². The number of rotatable bonds is 7. The molecule has 0 radical (unpaired) electrons. The van der Waals surface area contributed by atoms with Crippen molar-refractivity contribution >= 4 is 5.96 Å². The van der Waals surface area contributed by atoms with Gasteiger partial charge in [0, 0.05) is 38.8 Å². The quantitative estimate of drug-likeness (QED) is 0.488. The van der Waals surface area contributed by atoms with E-state index in [2.05, 4.69) is 46.8 Å². The molecule has 0 atom stereocenters. The lowest BCUT2D eigenvalue weighted by Gasteiger charge is -2.39. The van der Waals surface area contributed by atoms with E-state index in [1.807, 2.05) is 0 Å². The molecule has 0 spiro atoms. The number of aliphatic imine (C=N–C) groups is 1. The van der Waals surface area contributed by atoms with Crippen molar-refractivity contribution < 1.29 is 22.6 Å². The molecule has 174 valence electrons. The molecule has 1 saturated heterocycles. The molecule has 3 rings (SSSR count). The molecule has 2 N–H and O–H groups in total. The van der Waals surface area contributed by atoms with Crippen LogP contribution in [0.25, 0.3) is 0 Å². The fourth-order valence-electron chi connectivity index (χ4n) is 4.00. The highest BCUT2D eigenvalue weighted by molar-refractivity contribution is 5.79. The smallest absolute Gasteiger partial charge is 0.422 e. The molecule has 5 nitrogen and oxygen atoms in total. The molecule has 8 heteroatoms. The molecule has 0 saturated carbocycles. The van der Waals surface area contributed by atoms with E-state index in [0.717, 1.165) is 38.2 Å². The molecule has 1 heterocycles. The van der Waals surface area contributed by atoms with Gasteiger partial charge in [0.2, 0.25) is 0 Å². The average molecular weight is 450 g/mol. The van der Waals surface area contributed by atoms with Gasteiger partial charge in [-0.1, -0.05) is 36.4 Å². The standard InChI is InChI=1S/C24H30F3N3O2/c1-18-5-3-4-6-21(18)23(11-13-31-14-12-23)16-30-22(28-2)29-15-19-7-9-20(10-8-19)32-17-24(25,26)27/h3-10H,11-17H2,1-2H3,(H2,28,29,30). The number of hydrogen-bond donors (Lipinski definition) is 2. The fourth-order valence-corrected chi connectivity index (χ4v) is 4.00. The van der Waals surface area contributed by atoms with Crippen LogP contribution in [0.1, 0.15) is 29.5 Å². The summed E-state index contributed by atoms with van der Waals surface area (Å²) in [7, 11) is 1.72. The van der Waals surface area contributed by atoms with Crippen molar-refractivity contribution in [2.45, 2.75) is 37.9 Å². The summed E-state index contributed by atoms with van der Waals surface area (Å²) in [5, 5.41) is 6.73. The summed E-state index contributed by atoms with van der Waals surface area (Å²) in [6.07, 6.45) is -2.49.